The number of hydrogen-bond donors (Lipinski definition) is 0. The smallest absolute Gasteiger partial charge is 0.418 e. The zero-order valence-electron chi connectivity index (χ0n) is 8.45. The molecular weight excluding hydrogens is 188 g/mol. The van der Waals surface area contributed by atoms with Crippen LogP contribution in [0, 0.1) is 0 Å². The Kier molecular flexibility index (Phi) is 7.83. The third-order valence-electron chi connectivity index (χ3n) is 1.51. The van der Waals surface area contributed by atoms with Gasteiger partial charge in [-0.2, -0.15) is 0 Å². The van der Waals surface area contributed by atoms with Crippen LogP contribution in [0.1, 0.15) is 19.8 Å². The van der Waals surface area contributed by atoms with E-state index in [1.54, 1.807) is 0 Å². The third-order valence-corrected chi connectivity index (χ3v) is 1.51. The standard InChI is InChI=1S/C9H15O5/c1-3-4-5-13-9(11)8(6-12-2)14-7-10/h8H,3-6H2,1-2H3. The Bertz CT molecular complexity index is 169. The van der Waals surface area contributed by atoms with E-state index in [1.807, 2.05) is 6.92 Å². The maximum Gasteiger partial charge on any atom is 0.418 e. The van der Waals surface area contributed by atoms with Crippen LogP contribution in [0.25, 0.3) is 0 Å². The predicted octanol–water partition coefficient (Wildman–Crippen LogP) is 0.429. The molecule has 5 nitrogen and oxygen atoms in total. The highest BCUT2D eigenvalue weighted by atomic mass is 16.6. The molecule has 14 heavy (non-hydrogen) atoms. The van der Waals surface area contributed by atoms with E-state index in [2.05, 4.69) is 9.47 Å². The molecule has 0 spiro atoms. The lowest BCUT2D eigenvalue weighted by Gasteiger charge is -2.12. The number of methoxy groups -OCH3 is 1. The Morgan fingerprint density at radius 1 is 1.50 bits per heavy atom. The molecule has 0 saturated heterocycles. The third kappa shape index (κ3) is 5.53. The Labute approximate surface area is 83.3 Å². The Balaban J connectivity index is 3.81. The fraction of sp³-hybridized carbons (Fsp3) is 0.778. The number of carbonyl (C=O) groups is 1. The monoisotopic (exact) mass is 203 g/mol. The molecule has 1 atom stereocenters. The molecule has 81 valence electrons. The second kappa shape index (κ2) is 8.50. The topological polar surface area (TPSA) is 61.8 Å². The molecule has 0 aliphatic carbocycles. The molecule has 0 rings (SSSR count). The van der Waals surface area contributed by atoms with Gasteiger partial charge in [0.25, 0.3) is 0 Å². The van der Waals surface area contributed by atoms with E-state index in [1.165, 1.54) is 13.6 Å². The van der Waals surface area contributed by atoms with Crippen molar-refractivity contribution in [3.05, 3.63) is 0 Å². The van der Waals surface area contributed by atoms with Crippen LogP contribution in [-0.4, -0.2) is 38.9 Å². The van der Waals surface area contributed by atoms with Gasteiger partial charge in [-0.05, 0) is 6.42 Å². The Morgan fingerprint density at radius 3 is 2.71 bits per heavy atom. The zero-order valence-corrected chi connectivity index (χ0v) is 8.45. The van der Waals surface area contributed by atoms with Gasteiger partial charge in [-0.3, -0.25) is 0 Å². The minimum absolute atomic E-state index is 0.0137. The van der Waals surface area contributed by atoms with Gasteiger partial charge in [0, 0.05) is 7.11 Å². The molecule has 0 bridgehead atoms. The van der Waals surface area contributed by atoms with Crippen molar-refractivity contribution in [2.24, 2.45) is 0 Å². The first kappa shape index (κ1) is 12.9. The van der Waals surface area contributed by atoms with Gasteiger partial charge in [0.05, 0.1) is 13.2 Å². The largest absolute Gasteiger partial charge is 0.463 e. The molecule has 0 amide bonds. The van der Waals surface area contributed by atoms with Gasteiger partial charge in [0.1, 0.15) is 0 Å². The number of rotatable bonds is 8. The number of hydrogen-bond acceptors (Lipinski definition) is 5. The lowest BCUT2D eigenvalue weighted by Crippen LogP contribution is -2.30. The van der Waals surface area contributed by atoms with E-state index >= 15 is 0 Å². The summed E-state index contributed by atoms with van der Waals surface area (Å²) in [7, 11) is 1.40. The van der Waals surface area contributed by atoms with Crippen LogP contribution in [0.3, 0.4) is 0 Å². The highest BCUT2D eigenvalue weighted by Crippen LogP contribution is 1.97. The first-order valence-corrected chi connectivity index (χ1v) is 4.44. The van der Waals surface area contributed by atoms with E-state index in [0.29, 0.717) is 6.61 Å². The van der Waals surface area contributed by atoms with Gasteiger partial charge in [0.2, 0.25) is 6.10 Å². The summed E-state index contributed by atoms with van der Waals surface area (Å²) >= 11 is 0. The van der Waals surface area contributed by atoms with E-state index in [0.717, 1.165) is 12.8 Å². The summed E-state index contributed by atoms with van der Waals surface area (Å²) in [5, 5.41) is 0. The Morgan fingerprint density at radius 2 is 2.21 bits per heavy atom. The van der Waals surface area contributed by atoms with Crippen LogP contribution in [0.4, 0.5) is 0 Å². The summed E-state index contributed by atoms with van der Waals surface area (Å²) in [5.41, 5.74) is 0. The maximum absolute atomic E-state index is 11.2. The molecule has 0 aliphatic rings. The molecule has 0 saturated carbocycles. The minimum atomic E-state index is -1.01. The average Bonchev–Trinajstić information content (AvgIpc) is 2.18. The zero-order chi connectivity index (χ0) is 10.8. The molecule has 1 radical (unpaired) electrons. The second-order valence-electron chi connectivity index (χ2n) is 2.67. The molecule has 0 aromatic carbocycles. The van der Waals surface area contributed by atoms with Crippen molar-refractivity contribution in [2.75, 3.05) is 20.3 Å². The molecular formula is C9H15O5. The van der Waals surface area contributed by atoms with Crippen molar-refractivity contribution < 1.29 is 23.8 Å². The van der Waals surface area contributed by atoms with Crippen LogP contribution in [-0.2, 0) is 23.8 Å². The van der Waals surface area contributed by atoms with Gasteiger partial charge in [0.15, 0.2) is 0 Å². The fourth-order valence-electron chi connectivity index (χ4n) is 0.770. The minimum Gasteiger partial charge on any atom is -0.463 e. The fourth-order valence-corrected chi connectivity index (χ4v) is 0.770. The van der Waals surface area contributed by atoms with Gasteiger partial charge in [-0.15, -0.1) is 0 Å². The van der Waals surface area contributed by atoms with Crippen molar-refractivity contribution in [1.29, 1.82) is 0 Å². The van der Waals surface area contributed by atoms with E-state index < -0.39 is 12.1 Å². The summed E-state index contributed by atoms with van der Waals surface area (Å²) in [6, 6.07) is 0. The maximum atomic E-state index is 11.2. The van der Waals surface area contributed by atoms with Crippen LogP contribution in [0.2, 0.25) is 0 Å². The lowest BCUT2D eigenvalue weighted by molar-refractivity contribution is -0.155. The number of unbranched alkanes of at least 4 members (excludes halogenated alkanes) is 1. The average molecular weight is 203 g/mol. The summed E-state index contributed by atoms with van der Waals surface area (Å²) in [6.07, 6.45) is 0.716. The molecule has 1 unspecified atom stereocenters. The first-order chi connectivity index (χ1) is 6.76. The highest BCUT2D eigenvalue weighted by Gasteiger charge is 2.21. The normalized spacial score (nSPS) is 11.9. The molecule has 0 aliphatic heterocycles. The van der Waals surface area contributed by atoms with Gasteiger partial charge >= 0.3 is 12.4 Å². The van der Waals surface area contributed by atoms with Crippen molar-refractivity contribution in [2.45, 2.75) is 25.9 Å². The molecule has 0 aromatic rings. The molecule has 0 fully saturated rings. The van der Waals surface area contributed by atoms with Crippen LogP contribution in [0.15, 0.2) is 0 Å². The van der Waals surface area contributed by atoms with Crippen LogP contribution >= 0.6 is 0 Å². The number of ether oxygens (including phenoxy) is 3. The summed E-state index contributed by atoms with van der Waals surface area (Å²) < 4.78 is 13.9. The first-order valence-electron chi connectivity index (χ1n) is 4.44. The quantitative estimate of drug-likeness (QED) is 0.423. The molecule has 0 aromatic heterocycles. The molecule has 5 heteroatoms. The van der Waals surface area contributed by atoms with Gasteiger partial charge < -0.3 is 14.2 Å². The van der Waals surface area contributed by atoms with E-state index in [9.17, 15) is 9.59 Å². The summed E-state index contributed by atoms with van der Waals surface area (Å²) in [5.74, 6) is -0.594. The number of esters is 1. The van der Waals surface area contributed by atoms with Crippen molar-refractivity contribution in [1.82, 2.24) is 0 Å². The molecule has 0 N–H and O–H groups in total. The van der Waals surface area contributed by atoms with Crippen LogP contribution in [0.5, 0.6) is 0 Å². The van der Waals surface area contributed by atoms with E-state index in [-0.39, 0.29) is 6.61 Å². The van der Waals surface area contributed by atoms with Gasteiger partial charge in [-0.1, -0.05) is 13.3 Å². The van der Waals surface area contributed by atoms with Crippen molar-refractivity contribution in [3.63, 3.8) is 0 Å². The van der Waals surface area contributed by atoms with Gasteiger partial charge in [-0.25, -0.2) is 9.59 Å². The second-order valence-corrected chi connectivity index (χ2v) is 2.67. The summed E-state index contributed by atoms with van der Waals surface area (Å²) in [6.45, 7) is 3.49. The lowest BCUT2D eigenvalue weighted by atomic mass is 10.3. The summed E-state index contributed by atoms with van der Waals surface area (Å²) in [4.78, 5) is 21.1. The molecule has 0 heterocycles. The van der Waals surface area contributed by atoms with Crippen molar-refractivity contribution >= 4 is 12.4 Å². The predicted molar refractivity (Wildman–Crippen MR) is 48.3 cm³/mol. The Hall–Kier alpha value is -1.10. The highest BCUT2D eigenvalue weighted by molar-refractivity contribution is 5.76. The number of carbonyl (C=O) groups excluding carboxylic acids is 2. The SMILES string of the molecule is CCCCOC(=O)C(COC)O[C]=O. The van der Waals surface area contributed by atoms with Crippen molar-refractivity contribution in [3.8, 4) is 0 Å². The van der Waals surface area contributed by atoms with E-state index in [4.69, 9.17) is 4.74 Å². The van der Waals surface area contributed by atoms with Crippen LogP contribution < -0.4 is 0 Å².